The summed E-state index contributed by atoms with van der Waals surface area (Å²) in [6.45, 7) is 1.48. The van der Waals surface area contributed by atoms with Crippen LogP contribution < -0.4 is 0 Å². The van der Waals surface area contributed by atoms with Crippen LogP contribution in [0.3, 0.4) is 0 Å². The Morgan fingerprint density at radius 1 is 0.969 bits per heavy atom. The summed E-state index contributed by atoms with van der Waals surface area (Å²) in [6.07, 6.45) is -3.38. The van der Waals surface area contributed by atoms with Gasteiger partial charge in [0.05, 0.1) is 22.0 Å². The first-order chi connectivity index (χ1) is 15.0. The molecule has 6 nitrogen and oxygen atoms in total. The zero-order valence-electron chi connectivity index (χ0n) is 16.2. The van der Waals surface area contributed by atoms with E-state index in [0.717, 1.165) is 10.6 Å². The Hall–Kier alpha value is -2.69. The number of nitrogens with zero attached hydrogens (tertiary/aromatic N) is 4. The van der Waals surface area contributed by atoms with E-state index in [1.165, 1.54) is 37.4 Å². The molecule has 4 aromatic rings. The van der Waals surface area contributed by atoms with Crippen molar-refractivity contribution in [3.63, 3.8) is 0 Å². The molecule has 166 valence electrons. The smallest absolute Gasteiger partial charge is 0.245 e. The number of alkyl halides is 3. The fourth-order valence-corrected chi connectivity index (χ4v) is 4.61. The summed E-state index contributed by atoms with van der Waals surface area (Å²) in [4.78, 5) is 8.55. The summed E-state index contributed by atoms with van der Waals surface area (Å²) in [6, 6.07) is 9.77. The highest BCUT2D eigenvalue weighted by atomic mass is 35.5. The molecule has 32 heavy (non-hydrogen) atoms. The van der Waals surface area contributed by atoms with Gasteiger partial charge in [-0.3, -0.25) is 0 Å². The number of halogens is 5. The molecular formula is C20H13Cl2F3N4O2S. The predicted molar refractivity (Wildman–Crippen MR) is 114 cm³/mol. The molecule has 0 bridgehead atoms. The van der Waals surface area contributed by atoms with Gasteiger partial charge >= 0.3 is 6.18 Å². The minimum absolute atomic E-state index is 0.00212. The summed E-state index contributed by atoms with van der Waals surface area (Å²) in [5, 5.41) is 4.17. The maximum atomic E-state index is 13.0. The van der Waals surface area contributed by atoms with E-state index in [2.05, 4.69) is 15.1 Å². The van der Waals surface area contributed by atoms with Crippen molar-refractivity contribution >= 4 is 38.7 Å². The average Bonchev–Trinajstić information content (AvgIpc) is 3.16. The van der Waals surface area contributed by atoms with E-state index in [4.69, 9.17) is 23.2 Å². The number of sulfone groups is 1. The fourth-order valence-electron chi connectivity index (χ4n) is 3.05. The van der Waals surface area contributed by atoms with Gasteiger partial charge in [-0.25, -0.2) is 22.9 Å². The van der Waals surface area contributed by atoms with Crippen molar-refractivity contribution in [2.75, 3.05) is 5.75 Å². The second-order valence-electron chi connectivity index (χ2n) is 6.75. The maximum Gasteiger partial charge on any atom is 0.435 e. The van der Waals surface area contributed by atoms with Crippen molar-refractivity contribution in [1.82, 2.24) is 19.6 Å². The van der Waals surface area contributed by atoms with Gasteiger partial charge in [0.2, 0.25) is 0 Å². The average molecular weight is 501 g/mol. The van der Waals surface area contributed by atoms with Crippen LogP contribution in [0.2, 0.25) is 10.0 Å². The first-order valence-electron chi connectivity index (χ1n) is 9.12. The summed E-state index contributed by atoms with van der Waals surface area (Å²) in [5.41, 5.74) is -0.239. The molecule has 0 aliphatic heterocycles. The predicted octanol–water partition coefficient (Wildman–Crippen LogP) is 5.58. The monoisotopic (exact) mass is 500 g/mol. The highest BCUT2D eigenvalue weighted by Crippen LogP contribution is 2.32. The third-order valence-electron chi connectivity index (χ3n) is 4.59. The molecule has 0 N–H and O–H groups in total. The molecule has 0 unspecified atom stereocenters. The molecule has 0 saturated carbocycles. The molecule has 4 rings (SSSR count). The number of rotatable bonds is 4. The largest absolute Gasteiger partial charge is 0.435 e. The zero-order chi connectivity index (χ0) is 23.3. The summed E-state index contributed by atoms with van der Waals surface area (Å²) in [7, 11) is -3.72. The van der Waals surface area contributed by atoms with Crippen LogP contribution in [-0.4, -0.2) is 33.8 Å². The van der Waals surface area contributed by atoms with Gasteiger partial charge in [0.1, 0.15) is 5.69 Å². The van der Waals surface area contributed by atoms with Gasteiger partial charge in [0.15, 0.2) is 21.2 Å². The third kappa shape index (κ3) is 4.30. The van der Waals surface area contributed by atoms with Crippen LogP contribution in [0.4, 0.5) is 13.2 Å². The normalized spacial score (nSPS) is 12.4. The number of aromatic nitrogens is 4. The van der Waals surface area contributed by atoms with Crippen LogP contribution in [0.1, 0.15) is 12.6 Å². The molecule has 0 aliphatic carbocycles. The van der Waals surface area contributed by atoms with Crippen LogP contribution in [0.5, 0.6) is 0 Å². The molecular weight excluding hydrogens is 488 g/mol. The molecule has 3 heterocycles. The molecule has 12 heteroatoms. The Bertz CT molecular complexity index is 1430. The van der Waals surface area contributed by atoms with Gasteiger partial charge in [-0.05, 0) is 36.4 Å². The van der Waals surface area contributed by atoms with Crippen molar-refractivity contribution in [3.05, 3.63) is 64.4 Å². The van der Waals surface area contributed by atoms with Crippen LogP contribution in [-0.2, 0) is 16.0 Å². The van der Waals surface area contributed by atoms with E-state index < -0.39 is 21.7 Å². The molecule has 0 amide bonds. The molecule has 0 aliphatic rings. The van der Waals surface area contributed by atoms with Gasteiger partial charge in [0, 0.05) is 27.9 Å². The van der Waals surface area contributed by atoms with E-state index in [0.29, 0.717) is 21.3 Å². The highest BCUT2D eigenvalue weighted by Gasteiger charge is 2.34. The third-order valence-corrected chi connectivity index (χ3v) is 6.79. The molecule has 1 aromatic carbocycles. The molecule has 0 spiro atoms. The Balaban J connectivity index is 1.94. The SMILES string of the molecule is CCS(=O)(=O)c1ccc(-c2cc(Cl)cc(Cl)c2)nc1-c1ccn2nc(C(F)(F)F)cc2n1. The number of hydrogen-bond acceptors (Lipinski definition) is 5. The lowest BCUT2D eigenvalue weighted by Gasteiger charge is -2.11. The Kier molecular flexibility index (Phi) is 5.64. The molecule has 0 fully saturated rings. The molecule has 0 saturated heterocycles. The first kappa shape index (κ1) is 22.5. The van der Waals surface area contributed by atoms with Crippen molar-refractivity contribution in [2.24, 2.45) is 0 Å². The minimum atomic E-state index is -4.64. The highest BCUT2D eigenvalue weighted by molar-refractivity contribution is 7.91. The quantitative estimate of drug-likeness (QED) is 0.365. The topological polar surface area (TPSA) is 77.2 Å². The van der Waals surface area contributed by atoms with Gasteiger partial charge in [0.25, 0.3) is 0 Å². The van der Waals surface area contributed by atoms with Crippen LogP contribution in [0.15, 0.2) is 53.6 Å². The standard InChI is InChI=1S/C20H13Cl2F3N4O2S/c1-2-32(30,31)16-4-3-14(11-7-12(21)9-13(22)8-11)27-19(16)15-5-6-29-18(26-15)10-17(28-29)20(23,24)25/h3-10H,2H2,1H3. The molecule has 0 radical (unpaired) electrons. The van der Waals surface area contributed by atoms with Crippen LogP contribution in [0.25, 0.3) is 28.3 Å². The molecule has 0 atom stereocenters. The Morgan fingerprint density at radius 2 is 1.66 bits per heavy atom. The lowest BCUT2D eigenvalue weighted by molar-refractivity contribution is -0.141. The molecule has 3 aromatic heterocycles. The fraction of sp³-hybridized carbons (Fsp3) is 0.150. The lowest BCUT2D eigenvalue weighted by Crippen LogP contribution is -2.08. The second-order valence-corrected chi connectivity index (χ2v) is 9.87. The zero-order valence-corrected chi connectivity index (χ0v) is 18.6. The van der Waals surface area contributed by atoms with Crippen LogP contribution >= 0.6 is 23.2 Å². The summed E-state index contributed by atoms with van der Waals surface area (Å²) >= 11 is 12.1. The van der Waals surface area contributed by atoms with E-state index >= 15 is 0 Å². The van der Waals surface area contributed by atoms with Crippen molar-refractivity contribution in [1.29, 1.82) is 0 Å². The number of hydrogen-bond donors (Lipinski definition) is 0. The van der Waals surface area contributed by atoms with Gasteiger partial charge in [-0.1, -0.05) is 30.1 Å². The number of fused-ring (bicyclic) bond motifs is 1. The minimum Gasteiger partial charge on any atom is -0.245 e. The van der Waals surface area contributed by atoms with Crippen molar-refractivity contribution in [2.45, 2.75) is 18.0 Å². The summed E-state index contributed by atoms with van der Waals surface area (Å²) in [5.74, 6) is -0.197. The van der Waals surface area contributed by atoms with Crippen LogP contribution in [0, 0.1) is 0 Å². The first-order valence-corrected chi connectivity index (χ1v) is 11.5. The van der Waals surface area contributed by atoms with Gasteiger partial charge < -0.3 is 0 Å². The summed E-state index contributed by atoms with van der Waals surface area (Å²) < 4.78 is 65.3. The van der Waals surface area contributed by atoms with E-state index in [-0.39, 0.29) is 27.7 Å². The number of benzene rings is 1. The lowest BCUT2D eigenvalue weighted by atomic mass is 10.1. The second kappa shape index (κ2) is 8.02. The maximum absolute atomic E-state index is 13.0. The number of pyridine rings is 1. The van der Waals surface area contributed by atoms with Crippen molar-refractivity contribution < 1.29 is 21.6 Å². The Morgan fingerprint density at radius 3 is 2.28 bits per heavy atom. The van der Waals surface area contributed by atoms with Crippen molar-refractivity contribution in [3.8, 4) is 22.6 Å². The van der Waals surface area contributed by atoms with E-state index in [1.54, 1.807) is 12.1 Å². The van der Waals surface area contributed by atoms with Gasteiger partial charge in [-0.15, -0.1) is 0 Å². The van der Waals surface area contributed by atoms with E-state index in [1.807, 2.05) is 0 Å². The van der Waals surface area contributed by atoms with E-state index in [9.17, 15) is 21.6 Å². The van der Waals surface area contributed by atoms with Gasteiger partial charge in [-0.2, -0.15) is 18.3 Å². The Labute approximate surface area is 190 Å².